The molecule has 3 aromatic rings. The molecule has 2 aromatic carbocycles. The van der Waals surface area contributed by atoms with Crippen molar-refractivity contribution < 1.29 is 17.4 Å². The number of likely N-dealkylation sites (tertiary alicyclic amines) is 2. The van der Waals surface area contributed by atoms with Gasteiger partial charge in [0.2, 0.25) is 5.89 Å². The maximum Gasteiger partial charge on any atom is 0.314 e. The molecule has 2 aliphatic heterocycles. The number of benzene rings is 2. The van der Waals surface area contributed by atoms with Gasteiger partial charge >= 0.3 is 6.43 Å². The van der Waals surface area contributed by atoms with Crippen molar-refractivity contribution in [3.05, 3.63) is 65.0 Å². The van der Waals surface area contributed by atoms with Gasteiger partial charge in [0.25, 0.3) is 5.89 Å². The van der Waals surface area contributed by atoms with Crippen molar-refractivity contribution in [2.45, 2.75) is 44.0 Å². The van der Waals surface area contributed by atoms with Crippen LogP contribution in [0.15, 0.2) is 52.9 Å². The Balaban J connectivity index is 1.29. The fourth-order valence-electron chi connectivity index (χ4n) is 4.90. The Morgan fingerprint density at radius 2 is 1.86 bits per heavy atom. The highest BCUT2D eigenvalue weighted by Gasteiger charge is 2.35. The van der Waals surface area contributed by atoms with E-state index in [9.17, 15) is 13.0 Å². The number of nitrogens with zero attached hydrogens (tertiary/aromatic N) is 5. The summed E-state index contributed by atoms with van der Waals surface area (Å²) in [6.07, 6.45) is -1.04. The number of rotatable bonds is 9. The molecule has 1 unspecified atom stereocenters. The van der Waals surface area contributed by atoms with Gasteiger partial charge in [0, 0.05) is 29.7 Å². The monoisotopic (exact) mass is 549 g/mol. The quantitative estimate of drug-likeness (QED) is 0.367. The number of aromatic nitrogens is 2. The van der Waals surface area contributed by atoms with Gasteiger partial charge in [0.05, 0.1) is 17.5 Å². The van der Waals surface area contributed by atoms with Gasteiger partial charge in [-0.15, -0.1) is 10.2 Å². The molecule has 0 aliphatic carbocycles. The molecule has 0 N–H and O–H groups in total. The van der Waals surface area contributed by atoms with Gasteiger partial charge in [-0.1, -0.05) is 36.7 Å². The lowest BCUT2D eigenvalue weighted by Crippen LogP contribution is -2.61. The Morgan fingerprint density at radius 1 is 1.14 bits per heavy atom. The third-order valence-electron chi connectivity index (χ3n) is 7.13. The van der Waals surface area contributed by atoms with E-state index < -0.39 is 23.3 Å². The molecule has 11 heteroatoms. The summed E-state index contributed by atoms with van der Waals surface area (Å²) in [5.41, 5.74) is 2.26. The first-order chi connectivity index (χ1) is 17.9. The van der Waals surface area contributed by atoms with Gasteiger partial charge in [0.15, 0.2) is 0 Å². The molecule has 198 valence electrons. The van der Waals surface area contributed by atoms with Crippen LogP contribution in [-0.2, 0) is 17.5 Å². The van der Waals surface area contributed by atoms with Gasteiger partial charge < -0.3 is 9.32 Å². The van der Waals surface area contributed by atoms with E-state index in [-0.39, 0.29) is 11.1 Å². The molecule has 1 atom stereocenters. The SMILES string of the molecule is CCN1CC(N2CCC(S(=O)N(Cc3ccc(-c4nnc(C(F)F)o4)cc3)c3cccc(Cl)c3)CC2)C1. The van der Waals surface area contributed by atoms with E-state index in [0.717, 1.165) is 56.8 Å². The van der Waals surface area contributed by atoms with Crippen LogP contribution in [0.2, 0.25) is 5.02 Å². The zero-order valence-corrected chi connectivity index (χ0v) is 22.2. The topological polar surface area (TPSA) is 65.7 Å². The standard InChI is InChI=1S/C26H30ClF2N5O2S/c1-2-32-16-22(17-32)33-12-10-23(11-13-33)37(35)34(21-5-3-4-20(27)14-21)15-18-6-8-19(9-7-18)25-30-31-26(36-25)24(28)29/h3-9,14,22-24H,2,10-13,15-17H2,1H3. The summed E-state index contributed by atoms with van der Waals surface area (Å²) in [5.74, 6) is -0.662. The van der Waals surface area contributed by atoms with Crippen LogP contribution < -0.4 is 4.31 Å². The number of anilines is 1. The van der Waals surface area contributed by atoms with Crippen molar-refractivity contribution in [1.82, 2.24) is 20.0 Å². The highest BCUT2D eigenvalue weighted by Crippen LogP contribution is 2.30. The molecule has 0 amide bonds. The molecule has 7 nitrogen and oxygen atoms in total. The minimum absolute atomic E-state index is 0.0393. The number of alkyl halides is 2. The summed E-state index contributed by atoms with van der Waals surface area (Å²) in [7, 11) is -1.25. The summed E-state index contributed by atoms with van der Waals surface area (Å²) in [4.78, 5) is 4.98. The minimum atomic E-state index is -2.81. The Bertz CT molecular complexity index is 1210. The van der Waals surface area contributed by atoms with Crippen LogP contribution in [-0.4, -0.2) is 68.2 Å². The fraction of sp³-hybridized carbons (Fsp3) is 0.462. The van der Waals surface area contributed by atoms with E-state index in [0.29, 0.717) is 23.2 Å². The molecular weight excluding hydrogens is 520 g/mol. The summed E-state index contributed by atoms with van der Waals surface area (Å²) >= 11 is 6.28. The van der Waals surface area contributed by atoms with E-state index in [1.807, 2.05) is 34.6 Å². The zero-order chi connectivity index (χ0) is 25.9. The predicted octanol–water partition coefficient (Wildman–Crippen LogP) is 5.17. The predicted molar refractivity (Wildman–Crippen MR) is 141 cm³/mol. The lowest BCUT2D eigenvalue weighted by atomic mass is 10.0. The van der Waals surface area contributed by atoms with Gasteiger partial charge in [-0.3, -0.25) is 9.21 Å². The third-order valence-corrected chi connectivity index (χ3v) is 9.18. The molecule has 2 saturated heterocycles. The number of halogens is 3. The van der Waals surface area contributed by atoms with E-state index in [2.05, 4.69) is 26.9 Å². The van der Waals surface area contributed by atoms with Crippen molar-refractivity contribution in [3.8, 4) is 11.5 Å². The molecule has 2 aliphatic rings. The largest absolute Gasteiger partial charge is 0.415 e. The highest BCUT2D eigenvalue weighted by molar-refractivity contribution is 7.87. The van der Waals surface area contributed by atoms with Crippen LogP contribution in [0.4, 0.5) is 14.5 Å². The molecule has 37 heavy (non-hydrogen) atoms. The van der Waals surface area contributed by atoms with E-state index >= 15 is 0 Å². The molecule has 3 heterocycles. The van der Waals surface area contributed by atoms with E-state index in [4.69, 9.17) is 16.0 Å². The van der Waals surface area contributed by atoms with E-state index in [1.165, 1.54) is 0 Å². The lowest BCUT2D eigenvalue weighted by molar-refractivity contribution is 0.0277. The van der Waals surface area contributed by atoms with Gasteiger partial charge in [0.1, 0.15) is 11.0 Å². The number of piperidine rings is 1. The van der Waals surface area contributed by atoms with E-state index in [1.54, 1.807) is 18.2 Å². The molecule has 0 spiro atoms. The van der Waals surface area contributed by atoms with Gasteiger partial charge in [-0.05, 0) is 68.4 Å². The third kappa shape index (κ3) is 6.03. The first-order valence-corrected chi connectivity index (χ1v) is 14.1. The van der Waals surface area contributed by atoms with Gasteiger partial charge in [-0.2, -0.15) is 8.78 Å². The number of hydrogen-bond acceptors (Lipinski definition) is 6. The number of likely N-dealkylation sites (N-methyl/N-ethyl adjacent to an activating group) is 1. The molecule has 2 fully saturated rings. The lowest BCUT2D eigenvalue weighted by Gasteiger charge is -2.47. The number of hydrogen-bond donors (Lipinski definition) is 0. The summed E-state index contributed by atoms with van der Waals surface area (Å²) in [6.45, 7) is 7.87. The van der Waals surface area contributed by atoms with Crippen LogP contribution in [0.5, 0.6) is 0 Å². The van der Waals surface area contributed by atoms with Crippen LogP contribution in [0.3, 0.4) is 0 Å². The Labute approximate surface area is 223 Å². The van der Waals surface area contributed by atoms with Crippen molar-refractivity contribution >= 4 is 28.3 Å². The molecule has 5 rings (SSSR count). The van der Waals surface area contributed by atoms with Crippen LogP contribution in [0.1, 0.15) is 37.6 Å². The highest BCUT2D eigenvalue weighted by atomic mass is 35.5. The van der Waals surface area contributed by atoms with Crippen molar-refractivity contribution in [3.63, 3.8) is 0 Å². The van der Waals surface area contributed by atoms with Crippen molar-refractivity contribution in [2.75, 3.05) is 37.0 Å². The average molecular weight is 550 g/mol. The van der Waals surface area contributed by atoms with Gasteiger partial charge in [-0.25, -0.2) is 4.21 Å². The van der Waals surface area contributed by atoms with Crippen LogP contribution >= 0.6 is 11.6 Å². The molecule has 0 radical (unpaired) electrons. The smallest absolute Gasteiger partial charge is 0.314 e. The Morgan fingerprint density at radius 3 is 2.49 bits per heavy atom. The second kappa shape index (κ2) is 11.6. The maximum absolute atomic E-state index is 13.9. The summed E-state index contributed by atoms with van der Waals surface area (Å²) < 4.78 is 46.4. The molecule has 1 aromatic heterocycles. The molecular formula is C26H30ClF2N5O2S. The first-order valence-electron chi connectivity index (χ1n) is 12.5. The second-order valence-corrected chi connectivity index (χ2v) is 11.6. The summed E-state index contributed by atoms with van der Waals surface area (Å²) in [6, 6.07) is 15.2. The second-order valence-electron chi connectivity index (χ2n) is 9.48. The normalized spacial score (nSPS) is 18.7. The Hall–Kier alpha value is -2.40. The van der Waals surface area contributed by atoms with Crippen molar-refractivity contribution in [2.24, 2.45) is 0 Å². The van der Waals surface area contributed by atoms with Crippen molar-refractivity contribution in [1.29, 1.82) is 0 Å². The molecule has 0 saturated carbocycles. The fourth-order valence-corrected chi connectivity index (χ4v) is 6.66. The maximum atomic E-state index is 13.9. The average Bonchev–Trinajstić information content (AvgIpc) is 3.38. The van der Waals surface area contributed by atoms with Crippen LogP contribution in [0.25, 0.3) is 11.5 Å². The summed E-state index contributed by atoms with van der Waals surface area (Å²) in [5, 5.41) is 7.73. The Kier molecular flexibility index (Phi) is 8.18. The zero-order valence-electron chi connectivity index (χ0n) is 20.6. The molecule has 0 bridgehead atoms. The minimum Gasteiger partial charge on any atom is -0.415 e. The first kappa shape index (κ1) is 26.2. The van der Waals surface area contributed by atoms with Crippen LogP contribution in [0, 0.1) is 0 Å².